The third-order valence-corrected chi connectivity index (χ3v) is 6.75. The lowest BCUT2D eigenvalue weighted by Crippen LogP contribution is -2.46. The summed E-state index contributed by atoms with van der Waals surface area (Å²) in [4.78, 5) is 25.1. The van der Waals surface area contributed by atoms with Crippen LogP contribution in [0.15, 0.2) is 58.7 Å². The minimum absolute atomic E-state index is 0.0679. The highest BCUT2D eigenvalue weighted by Crippen LogP contribution is 2.38. The molecular weight excluding hydrogens is 466 g/mol. The van der Waals surface area contributed by atoms with Crippen LogP contribution in [0.2, 0.25) is 5.02 Å². The lowest BCUT2D eigenvalue weighted by Gasteiger charge is -2.35. The second-order valence-corrected chi connectivity index (χ2v) is 9.11. The Balaban J connectivity index is 1.28. The van der Waals surface area contributed by atoms with Crippen molar-refractivity contribution < 1.29 is 14.4 Å². The van der Waals surface area contributed by atoms with Gasteiger partial charge in [0.15, 0.2) is 16.5 Å². The van der Waals surface area contributed by atoms with E-state index in [2.05, 4.69) is 14.9 Å². The highest BCUT2D eigenvalue weighted by Gasteiger charge is 2.29. The van der Waals surface area contributed by atoms with E-state index in [1.807, 2.05) is 35.2 Å². The molecule has 11 heteroatoms. The number of anilines is 1. The second kappa shape index (κ2) is 9.42. The first-order valence-corrected chi connectivity index (χ1v) is 11.5. The first-order valence-electron chi connectivity index (χ1n) is 10.4. The number of aromatic nitrogens is 2. The summed E-state index contributed by atoms with van der Waals surface area (Å²) in [6.45, 7) is 3.81. The molecule has 0 aliphatic carbocycles. The van der Waals surface area contributed by atoms with Gasteiger partial charge in [-0.2, -0.15) is 0 Å². The third kappa shape index (κ3) is 4.82. The summed E-state index contributed by atoms with van der Waals surface area (Å²) < 4.78 is 10.8. The average molecular weight is 486 g/mol. The standard InChI is InChI=1S/C22H20ClN5O4S/c23-16-2-4-17(5-3-16)33-22-20(28(29)30)21(24-13-25-22)27-9-7-26(8-10-27)12-15-1-6-18-19(11-15)32-14-31-18/h1-6,11,13H,7-10,12,14H2. The van der Waals surface area contributed by atoms with Gasteiger partial charge in [-0.25, -0.2) is 9.97 Å². The number of fused-ring (bicyclic) bond motifs is 1. The summed E-state index contributed by atoms with van der Waals surface area (Å²) in [7, 11) is 0. The Kier molecular flexibility index (Phi) is 6.21. The maximum absolute atomic E-state index is 12.0. The molecule has 2 aliphatic heterocycles. The zero-order valence-corrected chi connectivity index (χ0v) is 19.1. The van der Waals surface area contributed by atoms with Gasteiger partial charge in [-0.1, -0.05) is 29.4 Å². The Morgan fingerprint density at radius 3 is 2.55 bits per heavy atom. The Hall–Kier alpha value is -3.08. The van der Waals surface area contributed by atoms with Crippen LogP contribution >= 0.6 is 23.4 Å². The van der Waals surface area contributed by atoms with E-state index in [1.165, 1.54) is 18.1 Å². The smallest absolute Gasteiger partial charge is 0.343 e. The molecule has 2 aromatic carbocycles. The molecule has 3 heterocycles. The van der Waals surface area contributed by atoms with Gasteiger partial charge in [-0.05, 0) is 42.0 Å². The zero-order chi connectivity index (χ0) is 22.8. The monoisotopic (exact) mass is 485 g/mol. The molecule has 0 spiro atoms. The van der Waals surface area contributed by atoms with E-state index in [-0.39, 0.29) is 12.5 Å². The number of rotatable bonds is 6. The van der Waals surface area contributed by atoms with E-state index >= 15 is 0 Å². The largest absolute Gasteiger partial charge is 0.454 e. The minimum atomic E-state index is -0.396. The second-order valence-electron chi connectivity index (χ2n) is 7.61. The number of hydrogen-bond acceptors (Lipinski definition) is 9. The molecule has 0 bridgehead atoms. The molecule has 1 saturated heterocycles. The fourth-order valence-corrected chi connectivity index (χ4v) is 4.83. The van der Waals surface area contributed by atoms with Gasteiger partial charge in [0.05, 0.1) is 4.92 Å². The summed E-state index contributed by atoms with van der Waals surface area (Å²) >= 11 is 7.18. The maximum atomic E-state index is 12.0. The Morgan fingerprint density at radius 2 is 1.79 bits per heavy atom. The van der Waals surface area contributed by atoms with Crippen LogP contribution in [-0.4, -0.2) is 52.8 Å². The topological polar surface area (TPSA) is 93.9 Å². The minimum Gasteiger partial charge on any atom is -0.454 e. The summed E-state index contributed by atoms with van der Waals surface area (Å²) in [5, 5.41) is 12.9. The molecule has 0 radical (unpaired) electrons. The van der Waals surface area contributed by atoms with E-state index in [1.54, 1.807) is 12.1 Å². The van der Waals surface area contributed by atoms with Gasteiger partial charge in [0, 0.05) is 42.6 Å². The van der Waals surface area contributed by atoms with Crippen LogP contribution in [0.4, 0.5) is 11.5 Å². The molecule has 0 saturated carbocycles. The van der Waals surface area contributed by atoms with Crippen molar-refractivity contribution in [3.05, 3.63) is 69.5 Å². The number of ether oxygens (including phenoxy) is 2. The molecular formula is C22H20ClN5O4S. The molecule has 9 nitrogen and oxygen atoms in total. The SMILES string of the molecule is O=[N+]([O-])c1c(Sc2ccc(Cl)cc2)ncnc1N1CCN(Cc2ccc3c(c2)OCO3)CC1. The lowest BCUT2D eigenvalue weighted by molar-refractivity contribution is -0.387. The number of nitrogens with zero attached hydrogens (tertiary/aromatic N) is 5. The number of hydrogen-bond donors (Lipinski definition) is 0. The van der Waals surface area contributed by atoms with Crippen molar-refractivity contribution in [3.63, 3.8) is 0 Å². The van der Waals surface area contributed by atoms with Gasteiger partial charge >= 0.3 is 5.69 Å². The highest BCUT2D eigenvalue weighted by atomic mass is 35.5. The number of piperazine rings is 1. The normalized spacial score (nSPS) is 15.6. The summed E-state index contributed by atoms with van der Waals surface area (Å²) in [5.74, 6) is 1.90. The Labute approximate surface area is 199 Å². The van der Waals surface area contributed by atoms with Crippen molar-refractivity contribution in [3.8, 4) is 11.5 Å². The molecule has 0 amide bonds. The van der Waals surface area contributed by atoms with Crippen LogP contribution in [0.25, 0.3) is 0 Å². The van der Waals surface area contributed by atoms with E-state index in [9.17, 15) is 10.1 Å². The fraction of sp³-hybridized carbons (Fsp3) is 0.273. The summed E-state index contributed by atoms with van der Waals surface area (Å²) in [6, 6.07) is 13.1. The predicted molar refractivity (Wildman–Crippen MR) is 124 cm³/mol. The van der Waals surface area contributed by atoms with Crippen LogP contribution in [0.3, 0.4) is 0 Å². The number of nitro groups is 1. The van der Waals surface area contributed by atoms with E-state index in [4.69, 9.17) is 21.1 Å². The van der Waals surface area contributed by atoms with E-state index < -0.39 is 4.92 Å². The molecule has 5 rings (SSSR count). The van der Waals surface area contributed by atoms with Crippen molar-refractivity contribution >= 4 is 34.9 Å². The molecule has 0 unspecified atom stereocenters. The van der Waals surface area contributed by atoms with Gasteiger partial charge in [0.1, 0.15) is 6.33 Å². The average Bonchev–Trinajstić information content (AvgIpc) is 3.29. The van der Waals surface area contributed by atoms with Crippen LogP contribution in [0.1, 0.15) is 5.56 Å². The maximum Gasteiger partial charge on any atom is 0.343 e. The quantitative estimate of drug-likeness (QED) is 0.288. The highest BCUT2D eigenvalue weighted by molar-refractivity contribution is 7.99. The first-order chi connectivity index (χ1) is 16.1. The fourth-order valence-electron chi connectivity index (χ4n) is 3.85. The van der Waals surface area contributed by atoms with Gasteiger partial charge in [-0.15, -0.1) is 0 Å². The van der Waals surface area contributed by atoms with E-state index in [0.29, 0.717) is 29.0 Å². The molecule has 1 fully saturated rings. The van der Waals surface area contributed by atoms with Gasteiger partial charge < -0.3 is 14.4 Å². The van der Waals surface area contributed by atoms with Crippen LogP contribution in [0.5, 0.6) is 11.5 Å². The molecule has 3 aromatic rings. The summed E-state index contributed by atoms with van der Waals surface area (Å²) in [5.41, 5.74) is 1.07. The molecule has 0 atom stereocenters. The van der Waals surface area contributed by atoms with E-state index in [0.717, 1.165) is 41.6 Å². The molecule has 1 aromatic heterocycles. The molecule has 2 aliphatic rings. The van der Waals surface area contributed by atoms with Gasteiger partial charge in [0.25, 0.3) is 0 Å². The van der Waals surface area contributed by atoms with Gasteiger partial charge in [0.2, 0.25) is 12.6 Å². The molecule has 0 N–H and O–H groups in total. The van der Waals surface area contributed by atoms with Crippen molar-refractivity contribution in [2.45, 2.75) is 16.5 Å². The molecule has 170 valence electrons. The van der Waals surface area contributed by atoms with Crippen molar-refractivity contribution in [2.75, 3.05) is 37.9 Å². The van der Waals surface area contributed by atoms with Crippen molar-refractivity contribution in [1.29, 1.82) is 0 Å². The van der Waals surface area contributed by atoms with Crippen LogP contribution in [0, 0.1) is 10.1 Å². The number of benzene rings is 2. The first kappa shape index (κ1) is 21.7. The molecule has 33 heavy (non-hydrogen) atoms. The Bertz CT molecular complexity index is 1170. The van der Waals surface area contributed by atoms with Crippen LogP contribution < -0.4 is 14.4 Å². The predicted octanol–water partition coefficient (Wildman–Crippen LogP) is 4.24. The lowest BCUT2D eigenvalue weighted by atomic mass is 10.1. The summed E-state index contributed by atoms with van der Waals surface area (Å²) in [6.07, 6.45) is 1.39. The Morgan fingerprint density at radius 1 is 1.03 bits per heavy atom. The van der Waals surface area contributed by atoms with Crippen molar-refractivity contribution in [2.24, 2.45) is 0 Å². The van der Waals surface area contributed by atoms with Gasteiger partial charge in [-0.3, -0.25) is 15.0 Å². The van der Waals surface area contributed by atoms with Crippen LogP contribution in [-0.2, 0) is 6.54 Å². The third-order valence-electron chi connectivity index (χ3n) is 5.50. The number of halogens is 1. The zero-order valence-electron chi connectivity index (χ0n) is 17.5. The van der Waals surface area contributed by atoms with Crippen molar-refractivity contribution in [1.82, 2.24) is 14.9 Å².